The normalized spacial score (nSPS) is 8.50. The highest BCUT2D eigenvalue weighted by atomic mass is 35.5. The van der Waals surface area contributed by atoms with Gasteiger partial charge < -0.3 is 4.74 Å². The van der Waals surface area contributed by atoms with Crippen molar-refractivity contribution in [3.8, 4) is 6.07 Å². The van der Waals surface area contributed by atoms with Crippen molar-refractivity contribution in [2.45, 2.75) is 20.8 Å². The Morgan fingerprint density at radius 1 is 1.56 bits per heavy atom. The number of halogens is 1. The zero-order valence-electron chi connectivity index (χ0n) is 9.67. The van der Waals surface area contributed by atoms with Crippen molar-refractivity contribution in [2.75, 3.05) is 7.11 Å². The van der Waals surface area contributed by atoms with Crippen molar-refractivity contribution >= 4 is 17.6 Å². The van der Waals surface area contributed by atoms with Gasteiger partial charge in [0.15, 0.2) is 5.69 Å². The molecule has 0 aliphatic carbocycles. The van der Waals surface area contributed by atoms with E-state index in [-0.39, 0.29) is 16.3 Å². The molecule has 0 aromatic carbocycles. The van der Waals surface area contributed by atoms with E-state index < -0.39 is 5.97 Å². The Kier molecular flexibility index (Phi) is 6.12. The second-order valence-corrected chi connectivity index (χ2v) is 2.96. The van der Waals surface area contributed by atoms with Gasteiger partial charge in [-0.25, -0.2) is 9.78 Å². The summed E-state index contributed by atoms with van der Waals surface area (Å²) >= 11 is 5.77. The molecule has 0 radical (unpaired) electrons. The van der Waals surface area contributed by atoms with Gasteiger partial charge in [0.1, 0.15) is 6.07 Å². The van der Waals surface area contributed by atoms with Gasteiger partial charge in [0.25, 0.3) is 0 Å². The molecule has 0 saturated carbocycles. The summed E-state index contributed by atoms with van der Waals surface area (Å²) in [6, 6.07) is 3.38. The molecule has 16 heavy (non-hydrogen) atoms. The molecule has 1 aromatic rings. The van der Waals surface area contributed by atoms with E-state index in [1.807, 2.05) is 19.9 Å². The van der Waals surface area contributed by atoms with E-state index in [9.17, 15) is 4.79 Å². The van der Waals surface area contributed by atoms with Gasteiger partial charge in [0.2, 0.25) is 0 Å². The third-order valence-electron chi connectivity index (χ3n) is 1.58. The zero-order chi connectivity index (χ0) is 12.7. The number of methoxy groups -OCH3 is 1. The van der Waals surface area contributed by atoms with Gasteiger partial charge in [-0.1, -0.05) is 25.4 Å². The van der Waals surface area contributed by atoms with Crippen molar-refractivity contribution in [1.82, 2.24) is 4.98 Å². The number of carbonyl (C=O) groups excluding carboxylic acids is 1. The SMILES string of the molecule is CC.COC(=O)c1nc(C)cc(C#N)c1Cl. The van der Waals surface area contributed by atoms with Crippen molar-refractivity contribution in [3.63, 3.8) is 0 Å². The van der Waals surface area contributed by atoms with E-state index in [2.05, 4.69) is 9.72 Å². The smallest absolute Gasteiger partial charge is 0.358 e. The largest absolute Gasteiger partial charge is 0.464 e. The van der Waals surface area contributed by atoms with Crippen molar-refractivity contribution < 1.29 is 9.53 Å². The summed E-state index contributed by atoms with van der Waals surface area (Å²) in [5.74, 6) is -0.643. The highest BCUT2D eigenvalue weighted by Crippen LogP contribution is 2.20. The lowest BCUT2D eigenvalue weighted by molar-refractivity contribution is 0.0594. The van der Waals surface area contributed by atoms with Gasteiger partial charge in [-0.05, 0) is 13.0 Å². The minimum atomic E-state index is -0.643. The van der Waals surface area contributed by atoms with Gasteiger partial charge in [-0.15, -0.1) is 0 Å². The molecule has 0 N–H and O–H groups in total. The van der Waals surface area contributed by atoms with Crippen LogP contribution in [0.2, 0.25) is 5.02 Å². The maximum Gasteiger partial charge on any atom is 0.358 e. The number of aromatic nitrogens is 1. The van der Waals surface area contributed by atoms with E-state index >= 15 is 0 Å². The minimum absolute atomic E-state index is 0.0225. The summed E-state index contributed by atoms with van der Waals surface area (Å²) < 4.78 is 4.48. The molecule has 0 aliphatic heterocycles. The fraction of sp³-hybridized carbons (Fsp3) is 0.364. The van der Waals surface area contributed by atoms with Crippen LogP contribution in [0.5, 0.6) is 0 Å². The summed E-state index contributed by atoms with van der Waals surface area (Å²) in [7, 11) is 1.23. The fourth-order valence-electron chi connectivity index (χ4n) is 0.971. The molecule has 1 rings (SSSR count). The lowest BCUT2D eigenvalue weighted by Gasteiger charge is -2.03. The van der Waals surface area contributed by atoms with Crippen LogP contribution >= 0.6 is 11.6 Å². The first-order chi connectivity index (χ1) is 7.60. The second-order valence-electron chi connectivity index (χ2n) is 2.58. The van der Waals surface area contributed by atoms with Crippen molar-refractivity contribution in [2.24, 2.45) is 0 Å². The maximum atomic E-state index is 11.2. The number of ether oxygens (including phenoxy) is 1. The molecule has 0 bridgehead atoms. The molecule has 0 atom stereocenters. The van der Waals surface area contributed by atoms with Crippen LogP contribution in [0.25, 0.3) is 0 Å². The van der Waals surface area contributed by atoms with Crippen LogP contribution in [0, 0.1) is 18.3 Å². The topological polar surface area (TPSA) is 63.0 Å². The summed E-state index contributed by atoms with van der Waals surface area (Å²) in [6.45, 7) is 5.67. The van der Waals surface area contributed by atoms with E-state index in [0.717, 1.165) is 0 Å². The number of nitriles is 1. The molecule has 0 saturated heterocycles. The second kappa shape index (κ2) is 6.81. The van der Waals surface area contributed by atoms with E-state index in [1.165, 1.54) is 13.2 Å². The van der Waals surface area contributed by atoms with Crippen LogP contribution in [0.3, 0.4) is 0 Å². The van der Waals surface area contributed by atoms with Gasteiger partial charge in [0, 0.05) is 5.69 Å². The van der Waals surface area contributed by atoms with Gasteiger partial charge in [-0.2, -0.15) is 5.26 Å². The molecule has 1 aromatic heterocycles. The predicted molar refractivity (Wildman–Crippen MR) is 61.4 cm³/mol. The Bertz CT molecular complexity index is 425. The van der Waals surface area contributed by atoms with E-state index in [0.29, 0.717) is 5.69 Å². The number of hydrogen-bond donors (Lipinski definition) is 0. The average molecular weight is 241 g/mol. The van der Waals surface area contributed by atoms with Crippen LogP contribution in [0.4, 0.5) is 0 Å². The van der Waals surface area contributed by atoms with Crippen LogP contribution in [0.1, 0.15) is 35.6 Å². The standard InChI is InChI=1S/C9H7ClN2O2.C2H6/c1-5-3-6(4-11)7(10)8(12-5)9(13)14-2;1-2/h3H,1-2H3;1-2H3. The molecule has 5 heteroatoms. The van der Waals surface area contributed by atoms with Gasteiger partial charge in [0.05, 0.1) is 17.7 Å². The number of pyridine rings is 1. The van der Waals surface area contributed by atoms with E-state index in [4.69, 9.17) is 16.9 Å². The number of rotatable bonds is 1. The molecule has 1 heterocycles. The molecule has 0 unspecified atom stereocenters. The van der Waals surface area contributed by atoms with Gasteiger partial charge >= 0.3 is 5.97 Å². The molecule has 4 nitrogen and oxygen atoms in total. The number of hydrogen-bond acceptors (Lipinski definition) is 4. The third kappa shape index (κ3) is 3.21. The lowest BCUT2D eigenvalue weighted by Crippen LogP contribution is -2.07. The number of aryl methyl sites for hydroxylation is 1. The van der Waals surface area contributed by atoms with Crippen LogP contribution < -0.4 is 0 Å². The molecule has 0 aliphatic rings. The Balaban J connectivity index is 0.00000106. The molecule has 0 spiro atoms. The van der Waals surface area contributed by atoms with Crippen LogP contribution in [-0.4, -0.2) is 18.1 Å². The Morgan fingerprint density at radius 3 is 2.56 bits per heavy atom. The molecular formula is C11H13ClN2O2. The maximum absolute atomic E-state index is 11.2. The molecule has 0 fully saturated rings. The lowest BCUT2D eigenvalue weighted by atomic mass is 10.2. The van der Waals surface area contributed by atoms with Crippen LogP contribution in [0.15, 0.2) is 6.07 Å². The summed E-state index contributed by atoms with van der Waals surface area (Å²) in [5, 5.41) is 8.74. The Labute approximate surface area is 99.8 Å². The first-order valence-electron chi connectivity index (χ1n) is 4.75. The molecule has 86 valence electrons. The summed E-state index contributed by atoms with van der Waals surface area (Å²) in [5.41, 5.74) is 0.747. The quantitative estimate of drug-likeness (QED) is 0.708. The fourth-order valence-corrected chi connectivity index (χ4v) is 1.19. The van der Waals surface area contributed by atoms with E-state index in [1.54, 1.807) is 6.92 Å². The third-order valence-corrected chi connectivity index (χ3v) is 1.97. The van der Waals surface area contributed by atoms with Crippen LogP contribution in [-0.2, 0) is 4.74 Å². The Hall–Kier alpha value is -1.60. The van der Waals surface area contributed by atoms with Crippen molar-refractivity contribution in [3.05, 3.63) is 28.0 Å². The highest BCUT2D eigenvalue weighted by molar-refractivity contribution is 6.34. The number of esters is 1. The number of nitrogens with zero attached hydrogens (tertiary/aromatic N) is 2. The highest BCUT2D eigenvalue weighted by Gasteiger charge is 2.16. The predicted octanol–water partition coefficient (Wildman–Crippen LogP) is 2.73. The summed E-state index contributed by atoms with van der Waals surface area (Å²) in [4.78, 5) is 15.1. The molecular weight excluding hydrogens is 228 g/mol. The van der Waals surface area contributed by atoms with Crippen molar-refractivity contribution in [1.29, 1.82) is 5.26 Å². The molecule has 0 amide bonds. The zero-order valence-corrected chi connectivity index (χ0v) is 10.4. The minimum Gasteiger partial charge on any atom is -0.464 e. The Morgan fingerprint density at radius 2 is 2.12 bits per heavy atom. The first kappa shape index (κ1) is 14.4. The monoisotopic (exact) mass is 240 g/mol. The van der Waals surface area contributed by atoms with Gasteiger partial charge in [-0.3, -0.25) is 0 Å². The summed E-state index contributed by atoms with van der Waals surface area (Å²) in [6.07, 6.45) is 0. The number of carbonyl (C=O) groups is 1. The first-order valence-corrected chi connectivity index (χ1v) is 5.13. The average Bonchev–Trinajstić information content (AvgIpc) is 2.33.